The van der Waals surface area contributed by atoms with E-state index < -0.39 is 12.0 Å². The molecule has 2 aromatic carbocycles. The minimum absolute atomic E-state index is 0.0280. The van der Waals surface area contributed by atoms with Crippen LogP contribution in [0.5, 0.6) is 0 Å². The lowest BCUT2D eigenvalue weighted by Gasteiger charge is -2.25. The van der Waals surface area contributed by atoms with Crippen LogP contribution in [0.4, 0.5) is 0 Å². The average Bonchev–Trinajstić information content (AvgIpc) is 2.90. The number of carbonyl (C=O) groups is 3. The number of aliphatic hydroxyl groups is 1. The highest BCUT2D eigenvalue weighted by Crippen LogP contribution is 2.19. The number of nitrogens with zero attached hydrogens (tertiary/aromatic N) is 1. The van der Waals surface area contributed by atoms with Crippen LogP contribution in [-0.4, -0.2) is 47.5 Å². The Labute approximate surface area is 213 Å². The lowest BCUT2D eigenvalue weighted by Crippen LogP contribution is -2.39. The maximum atomic E-state index is 13.1. The summed E-state index contributed by atoms with van der Waals surface area (Å²) in [4.78, 5) is 39.9. The zero-order valence-corrected chi connectivity index (χ0v) is 20.7. The van der Waals surface area contributed by atoms with Crippen molar-refractivity contribution in [1.82, 2.24) is 10.2 Å². The lowest BCUT2D eigenvalue weighted by molar-refractivity contribution is -0.150. The van der Waals surface area contributed by atoms with E-state index >= 15 is 0 Å². The van der Waals surface area contributed by atoms with Crippen molar-refractivity contribution in [3.63, 3.8) is 0 Å². The third kappa shape index (κ3) is 9.88. The van der Waals surface area contributed by atoms with Crippen molar-refractivity contribution in [2.24, 2.45) is 5.92 Å². The summed E-state index contributed by atoms with van der Waals surface area (Å²) in [6, 6.07) is 18.7. The molecule has 0 saturated carbocycles. The normalized spacial score (nSPS) is 12.1. The summed E-state index contributed by atoms with van der Waals surface area (Å²) in [7, 11) is 0. The third-order valence-corrected chi connectivity index (χ3v) is 5.64. The van der Waals surface area contributed by atoms with Crippen molar-refractivity contribution in [3.8, 4) is 0 Å². The Morgan fingerprint density at radius 1 is 1.00 bits per heavy atom. The van der Waals surface area contributed by atoms with E-state index in [9.17, 15) is 19.5 Å². The van der Waals surface area contributed by atoms with Crippen LogP contribution in [0, 0.1) is 5.92 Å². The fourth-order valence-electron chi connectivity index (χ4n) is 3.71. The minimum Gasteiger partial charge on any atom is -0.456 e. The van der Waals surface area contributed by atoms with Gasteiger partial charge in [0, 0.05) is 25.9 Å². The number of amides is 2. The van der Waals surface area contributed by atoms with Crippen molar-refractivity contribution >= 4 is 17.8 Å². The third-order valence-electron chi connectivity index (χ3n) is 5.64. The summed E-state index contributed by atoms with van der Waals surface area (Å²) in [5.41, 5.74) is 1.70. The molecule has 0 aromatic heterocycles. The number of ether oxygens (including phenoxy) is 1. The molecule has 0 aliphatic heterocycles. The van der Waals surface area contributed by atoms with Gasteiger partial charge in [-0.2, -0.15) is 0 Å². The number of hydrogen-bond donors (Lipinski definition) is 2. The number of nitrogens with one attached hydrogen (secondary N) is 1. The Balaban J connectivity index is 2.05. The van der Waals surface area contributed by atoms with Gasteiger partial charge >= 0.3 is 5.97 Å². The van der Waals surface area contributed by atoms with Gasteiger partial charge in [0.05, 0.1) is 19.1 Å². The molecule has 7 nitrogen and oxygen atoms in total. The number of aliphatic hydroxyl groups excluding tert-OH is 1. The Kier molecular flexibility index (Phi) is 12.7. The Morgan fingerprint density at radius 2 is 1.67 bits per heavy atom. The predicted molar refractivity (Wildman–Crippen MR) is 140 cm³/mol. The van der Waals surface area contributed by atoms with Gasteiger partial charge in [-0.25, -0.2) is 0 Å². The Bertz CT molecular complexity index is 978. The van der Waals surface area contributed by atoms with Crippen LogP contribution in [0.3, 0.4) is 0 Å². The van der Waals surface area contributed by atoms with Crippen molar-refractivity contribution < 1.29 is 24.2 Å². The van der Waals surface area contributed by atoms with Crippen molar-refractivity contribution in [2.75, 3.05) is 19.7 Å². The molecule has 192 valence electrons. The molecule has 2 amide bonds. The van der Waals surface area contributed by atoms with Gasteiger partial charge < -0.3 is 20.1 Å². The van der Waals surface area contributed by atoms with Gasteiger partial charge in [-0.15, -0.1) is 13.2 Å². The fourth-order valence-corrected chi connectivity index (χ4v) is 3.71. The molecule has 36 heavy (non-hydrogen) atoms. The molecule has 7 heteroatoms. The highest BCUT2D eigenvalue weighted by atomic mass is 16.5. The molecule has 2 atom stereocenters. The maximum absolute atomic E-state index is 13.1. The first-order chi connectivity index (χ1) is 17.5. The average molecular weight is 493 g/mol. The number of esters is 1. The second-order valence-electron chi connectivity index (χ2n) is 8.41. The van der Waals surface area contributed by atoms with Crippen LogP contribution in [-0.2, 0) is 25.7 Å². The summed E-state index contributed by atoms with van der Waals surface area (Å²) < 4.78 is 5.62. The van der Waals surface area contributed by atoms with E-state index in [0.29, 0.717) is 19.4 Å². The van der Waals surface area contributed by atoms with Gasteiger partial charge in [-0.05, 0) is 24.0 Å². The molecule has 0 aliphatic rings. The molecule has 0 aliphatic carbocycles. The number of carbonyl (C=O) groups excluding carboxylic acids is 3. The Morgan fingerprint density at radius 3 is 2.28 bits per heavy atom. The summed E-state index contributed by atoms with van der Waals surface area (Å²) in [5, 5.41) is 12.3. The summed E-state index contributed by atoms with van der Waals surface area (Å²) >= 11 is 0. The van der Waals surface area contributed by atoms with Gasteiger partial charge in [0.15, 0.2) is 0 Å². The van der Waals surface area contributed by atoms with E-state index in [0.717, 1.165) is 11.1 Å². The molecule has 0 spiro atoms. The van der Waals surface area contributed by atoms with Gasteiger partial charge in [-0.1, -0.05) is 72.8 Å². The number of allylic oxidation sites excluding steroid dienone is 2. The molecular formula is C29H36N2O5. The lowest BCUT2D eigenvalue weighted by atomic mass is 9.98. The molecule has 0 saturated heterocycles. The first-order valence-corrected chi connectivity index (χ1v) is 12.1. The van der Waals surface area contributed by atoms with E-state index in [1.54, 1.807) is 17.1 Å². The highest BCUT2D eigenvalue weighted by Gasteiger charge is 2.25. The second-order valence-corrected chi connectivity index (χ2v) is 8.41. The minimum atomic E-state index is -0.656. The standard InChI is InChI=1S/C29H36N2O5/c1-3-5-17-28(34)36-26(24-15-10-7-11-16-24)21-30-29(35)25(12-4-2)20-27(33)31(18-19-32)22-23-13-8-6-9-14-23/h3-4,6-11,13-16,25-26,32H,1-2,5,12,17-22H2,(H,30,35)/t25-,26+/m1/s1. The van der Waals surface area contributed by atoms with Crippen LogP contribution in [0.1, 0.15) is 42.9 Å². The van der Waals surface area contributed by atoms with E-state index in [2.05, 4.69) is 18.5 Å². The number of benzene rings is 2. The fraction of sp³-hybridized carbons (Fsp3) is 0.345. The van der Waals surface area contributed by atoms with Crippen LogP contribution >= 0.6 is 0 Å². The largest absolute Gasteiger partial charge is 0.456 e. The zero-order valence-electron chi connectivity index (χ0n) is 20.7. The first-order valence-electron chi connectivity index (χ1n) is 12.1. The van der Waals surface area contributed by atoms with Crippen LogP contribution in [0.2, 0.25) is 0 Å². The SMILES string of the molecule is C=CCCC(=O)O[C@@H](CNC(=O)[C@H](CC=C)CC(=O)N(CCO)Cc1ccccc1)c1ccccc1. The van der Waals surface area contributed by atoms with E-state index in [1.807, 2.05) is 60.7 Å². The summed E-state index contributed by atoms with van der Waals surface area (Å²) in [5.74, 6) is -1.57. The van der Waals surface area contributed by atoms with Crippen molar-refractivity contribution in [3.05, 3.63) is 97.1 Å². The highest BCUT2D eigenvalue weighted by molar-refractivity contribution is 5.86. The van der Waals surface area contributed by atoms with Gasteiger partial charge in [0.2, 0.25) is 11.8 Å². The van der Waals surface area contributed by atoms with E-state index in [-0.39, 0.29) is 50.3 Å². The van der Waals surface area contributed by atoms with Crippen molar-refractivity contribution in [2.45, 2.75) is 38.3 Å². The summed E-state index contributed by atoms with van der Waals surface area (Å²) in [6.07, 6.45) is 3.59. The molecule has 0 bridgehead atoms. The predicted octanol–water partition coefficient (Wildman–Crippen LogP) is 3.96. The molecule has 0 unspecified atom stereocenters. The smallest absolute Gasteiger partial charge is 0.306 e. The molecule has 0 fully saturated rings. The van der Waals surface area contributed by atoms with Crippen molar-refractivity contribution in [1.29, 1.82) is 0 Å². The van der Waals surface area contributed by atoms with Crippen LogP contribution < -0.4 is 5.32 Å². The number of hydrogen-bond acceptors (Lipinski definition) is 5. The van der Waals surface area contributed by atoms with Gasteiger partial charge in [0.25, 0.3) is 0 Å². The summed E-state index contributed by atoms with van der Waals surface area (Å²) in [6.45, 7) is 7.77. The maximum Gasteiger partial charge on any atom is 0.306 e. The van der Waals surface area contributed by atoms with E-state index in [4.69, 9.17) is 4.74 Å². The number of rotatable bonds is 16. The topological polar surface area (TPSA) is 95.9 Å². The quantitative estimate of drug-likeness (QED) is 0.273. The van der Waals surface area contributed by atoms with E-state index in [1.165, 1.54) is 0 Å². The Hall–Kier alpha value is -3.71. The molecule has 2 N–H and O–H groups in total. The zero-order chi connectivity index (χ0) is 26.2. The molecule has 2 rings (SSSR count). The van der Waals surface area contributed by atoms with Crippen LogP contribution in [0.15, 0.2) is 86.0 Å². The van der Waals surface area contributed by atoms with Crippen LogP contribution in [0.25, 0.3) is 0 Å². The molecular weight excluding hydrogens is 456 g/mol. The molecule has 0 radical (unpaired) electrons. The second kappa shape index (κ2) is 16.1. The molecule has 0 heterocycles. The van der Waals surface area contributed by atoms with Gasteiger partial charge in [0.1, 0.15) is 6.10 Å². The van der Waals surface area contributed by atoms with Gasteiger partial charge in [-0.3, -0.25) is 14.4 Å². The molecule has 2 aromatic rings. The monoisotopic (exact) mass is 492 g/mol. The first kappa shape index (κ1) is 28.5.